The molecular formula is C14H20N2O4. The minimum Gasteiger partial charge on any atom is -0.469 e. The zero-order chi connectivity index (χ0) is 14.8. The van der Waals surface area contributed by atoms with Crippen molar-refractivity contribution < 1.29 is 19.1 Å². The molecule has 1 aliphatic heterocycles. The molecule has 1 heterocycles. The van der Waals surface area contributed by atoms with Gasteiger partial charge >= 0.3 is 11.9 Å². The van der Waals surface area contributed by atoms with E-state index < -0.39 is 16.5 Å². The normalized spacial score (nSPS) is 43.4. The number of carbonyl (C=O) groups is 2. The van der Waals surface area contributed by atoms with Crippen molar-refractivity contribution in [1.29, 1.82) is 0 Å². The predicted octanol–water partition coefficient (Wildman–Crippen LogP) is 1.88. The van der Waals surface area contributed by atoms with E-state index in [0.29, 0.717) is 25.7 Å². The van der Waals surface area contributed by atoms with Gasteiger partial charge in [0, 0.05) is 6.42 Å². The van der Waals surface area contributed by atoms with E-state index >= 15 is 0 Å². The maximum absolute atomic E-state index is 12.3. The van der Waals surface area contributed by atoms with Crippen LogP contribution in [0.4, 0.5) is 0 Å². The van der Waals surface area contributed by atoms with Crippen molar-refractivity contribution in [2.75, 3.05) is 14.2 Å². The Morgan fingerprint density at radius 3 is 2.15 bits per heavy atom. The van der Waals surface area contributed by atoms with E-state index in [1.807, 2.05) is 0 Å². The molecular weight excluding hydrogens is 260 g/mol. The van der Waals surface area contributed by atoms with Crippen LogP contribution in [0.15, 0.2) is 10.2 Å². The van der Waals surface area contributed by atoms with Gasteiger partial charge in [0.1, 0.15) is 5.54 Å². The first-order chi connectivity index (χ1) is 9.25. The van der Waals surface area contributed by atoms with Crippen LogP contribution in [0.2, 0.25) is 0 Å². The summed E-state index contributed by atoms with van der Waals surface area (Å²) in [5.74, 6) is -0.578. The molecule has 6 nitrogen and oxygen atoms in total. The minimum absolute atomic E-state index is 0.194. The molecule has 0 aromatic rings. The lowest BCUT2D eigenvalue weighted by Gasteiger charge is -2.32. The van der Waals surface area contributed by atoms with E-state index in [0.717, 1.165) is 0 Å². The monoisotopic (exact) mass is 280 g/mol. The summed E-state index contributed by atoms with van der Waals surface area (Å²) in [4.78, 5) is 24.5. The predicted molar refractivity (Wildman–Crippen MR) is 69.0 cm³/mol. The molecule has 3 rings (SSSR count). The number of azo groups is 1. The molecule has 2 bridgehead atoms. The molecule has 0 aromatic carbocycles. The molecule has 3 aliphatic rings. The average molecular weight is 280 g/mol. The molecule has 6 heteroatoms. The average Bonchev–Trinajstić information content (AvgIpc) is 2.82. The lowest BCUT2D eigenvalue weighted by Crippen LogP contribution is -2.40. The van der Waals surface area contributed by atoms with Crippen LogP contribution in [0, 0.1) is 10.8 Å². The highest BCUT2D eigenvalue weighted by atomic mass is 16.5. The van der Waals surface area contributed by atoms with Crippen molar-refractivity contribution in [2.24, 2.45) is 21.1 Å². The van der Waals surface area contributed by atoms with E-state index in [-0.39, 0.29) is 17.4 Å². The Morgan fingerprint density at radius 1 is 0.900 bits per heavy atom. The third-order valence-electron chi connectivity index (χ3n) is 5.07. The third kappa shape index (κ3) is 1.45. The number of ether oxygens (including phenoxy) is 2. The van der Waals surface area contributed by atoms with Gasteiger partial charge in [0.15, 0.2) is 5.54 Å². The van der Waals surface area contributed by atoms with Crippen LogP contribution in [0.25, 0.3) is 0 Å². The minimum atomic E-state index is -0.926. The van der Waals surface area contributed by atoms with Gasteiger partial charge in [-0.05, 0) is 24.7 Å². The van der Waals surface area contributed by atoms with Gasteiger partial charge in [-0.2, -0.15) is 10.2 Å². The Balaban J connectivity index is 2.05. The molecule has 2 fully saturated rings. The number of fused-ring (bicyclic) bond motifs is 1. The maximum Gasteiger partial charge on any atom is 0.335 e. The summed E-state index contributed by atoms with van der Waals surface area (Å²) in [6.45, 7) is 4.12. The fraction of sp³-hybridized carbons (Fsp3) is 0.857. The van der Waals surface area contributed by atoms with E-state index in [9.17, 15) is 9.59 Å². The first-order valence-electron chi connectivity index (χ1n) is 6.86. The van der Waals surface area contributed by atoms with Crippen molar-refractivity contribution in [2.45, 2.75) is 50.6 Å². The molecule has 110 valence electrons. The molecule has 2 aliphatic carbocycles. The number of esters is 2. The van der Waals surface area contributed by atoms with Crippen LogP contribution in [-0.4, -0.2) is 37.2 Å². The zero-order valence-corrected chi connectivity index (χ0v) is 12.4. The SMILES string of the molecule is COC(=O)C12CC(C)(C)CC3(C(=O)OC)CC3(C1)N=N2. The van der Waals surface area contributed by atoms with E-state index in [2.05, 4.69) is 24.1 Å². The summed E-state index contributed by atoms with van der Waals surface area (Å²) in [6, 6.07) is 0. The number of hydrogen-bond acceptors (Lipinski definition) is 6. The van der Waals surface area contributed by atoms with Gasteiger partial charge in [-0.25, -0.2) is 4.79 Å². The molecule has 0 amide bonds. The molecule has 0 radical (unpaired) electrons. The molecule has 0 N–H and O–H groups in total. The maximum atomic E-state index is 12.3. The Kier molecular flexibility index (Phi) is 2.43. The van der Waals surface area contributed by atoms with E-state index in [4.69, 9.17) is 9.47 Å². The number of nitrogens with zero attached hydrogens (tertiary/aromatic N) is 2. The quantitative estimate of drug-likeness (QED) is 0.723. The summed E-state index contributed by atoms with van der Waals surface area (Å²) in [5.41, 5.74) is -2.28. The van der Waals surface area contributed by atoms with Crippen LogP contribution in [0.3, 0.4) is 0 Å². The summed E-state index contributed by atoms with van der Waals surface area (Å²) in [5, 5.41) is 8.61. The largest absolute Gasteiger partial charge is 0.469 e. The molecule has 1 spiro atoms. The second kappa shape index (κ2) is 3.59. The van der Waals surface area contributed by atoms with Gasteiger partial charge in [-0.1, -0.05) is 13.8 Å². The van der Waals surface area contributed by atoms with Crippen molar-refractivity contribution in [3.63, 3.8) is 0 Å². The van der Waals surface area contributed by atoms with Gasteiger partial charge in [-0.15, -0.1) is 0 Å². The Bertz CT molecular complexity index is 529. The zero-order valence-electron chi connectivity index (χ0n) is 12.4. The summed E-state index contributed by atoms with van der Waals surface area (Å²) < 4.78 is 9.93. The molecule has 2 saturated carbocycles. The highest BCUT2D eigenvalue weighted by Crippen LogP contribution is 2.73. The van der Waals surface area contributed by atoms with Crippen molar-refractivity contribution in [3.8, 4) is 0 Å². The van der Waals surface area contributed by atoms with Gasteiger partial charge < -0.3 is 9.47 Å². The lowest BCUT2D eigenvalue weighted by atomic mass is 9.74. The second-order valence-corrected chi connectivity index (χ2v) is 7.20. The third-order valence-corrected chi connectivity index (χ3v) is 5.07. The molecule has 3 unspecified atom stereocenters. The van der Waals surface area contributed by atoms with Crippen LogP contribution in [-0.2, 0) is 19.1 Å². The molecule has 3 atom stereocenters. The standard InChI is InChI=1S/C14H20N2O4/c1-11(2)5-12(9(17)19-3)7-14(12)8-13(6-11,15-16-14)10(18)20-4/h5-8H2,1-4H3. The Labute approximate surface area is 117 Å². The Morgan fingerprint density at radius 2 is 1.55 bits per heavy atom. The van der Waals surface area contributed by atoms with E-state index in [1.54, 1.807) is 0 Å². The van der Waals surface area contributed by atoms with Crippen LogP contribution in [0.5, 0.6) is 0 Å². The Hall–Kier alpha value is -1.46. The first-order valence-corrected chi connectivity index (χ1v) is 6.86. The number of carbonyl (C=O) groups excluding carboxylic acids is 2. The topological polar surface area (TPSA) is 77.3 Å². The second-order valence-electron chi connectivity index (χ2n) is 7.20. The number of methoxy groups -OCH3 is 2. The van der Waals surface area contributed by atoms with E-state index in [1.165, 1.54) is 14.2 Å². The highest BCUT2D eigenvalue weighted by molar-refractivity contribution is 5.87. The first kappa shape index (κ1) is 13.5. The van der Waals surface area contributed by atoms with Crippen molar-refractivity contribution in [1.82, 2.24) is 0 Å². The van der Waals surface area contributed by atoms with Crippen LogP contribution < -0.4 is 0 Å². The fourth-order valence-corrected chi connectivity index (χ4v) is 4.46. The number of rotatable bonds is 2. The molecule has 20 heavy (non-hydrogen) atoms. The molecule has 0 saturated heterocycles. The van der Waals surface area contributed by atoms with Gasteiger partial charge in [0.05, 0.1) is 19.6 Å². The summed E-state index contributed by atoms with van der Waals surface area (Å²) in [6.07, 6.45) is 2.31. The smallest absolute Gasteiger partial charge is 0.335 e. The van der Waals surface area contributed by atoms with Crippen LogP contribution >= 0.6 is 0 Å². The van der Waals surface area contributed by atoms with Gasteiger partial charge in [0.25, 0.3) is 0 Å². The van der Waals surface area contributed by atoms with Crippen LogP contribution in [0.1, 0.15) is 39.5 Å². The molecule has 0 aromatic heterocycles. The summed E-state index contributed by atoms with van der Waals surface area (Å²) in [7, 11) is 2.77. The summed E-state index contributed by atoms with van der Waals surface area (Å²) >= 11 is 0. The van der Waals surface area contributed by atoms with Crippen molar-refractivity contribution in [3.05, 3.63) is 0 Å². The van der Waals surface area contributed by atoms with Gasteiger partial charge in [-0.3, -0.25) is 4.79 Å². The number of hydrogen-bond donors (Lipinski definition) is 0. The highest BCUT2D eigenvalue weighted by Gasteiger charge is 2.81. The lowest BCUT2D eigenvalue weighted by molar-refractivity contribution is -0.149. The fourth-order valence-electron chi connectivity index (χ4n) is 4.46. The van der Waals surface area contributed by atoms with Crippen molar-refractivity contribution >= 4 is 11.9 Å². The van der Waals surface area contributed by atoms with Gasteiger partial charge in [0.2, 0.25) is 0 Å².